The molecule has 1 N–H and O–H groups in total. The highest BCUT2D eigenvalue weighted by Crippen LogP contribution is 2.29. The Kier molecular flexibility index (Phi) is 5.20. The second-order valence-electron chi connectivity index (χ2n) is 4.93. The molecule has 0 saturated carbocycles. The third-order valence-corrected chi connectivity index (χ3v) is 3.08. The molecule has 100 valence electrons. The zero-order chi connectivity index (χ0) is 13.7. The molecule has 3 nitrogen and oxygen atoms in total. The minimum atomic E-state index is -0.745. The standard InChI is InChI=1S/C15H22O3/c1-10(2)13-8-11(3)15(18-4)12(9-13)6-5-7-14(16)17/h8-10H,5-7H2,1-4H3,(H,16,17). The van der Waals surface area contributed by atoms with Crippen molar-refractivity contribution < 1.29 is 14.6 Å². The molecule has 0 heterocycles. The van der Waals surface area contributed by atoms with Gasteiger partial charge < -0.3 is 9.84 Å². The van der Waals surface area contributed by atoms with Gasteiger partial charge in [0, 0.05) is 6.42 Å². The van der Waals surface area contributed by atoms with E-state index < -0.39 is 5.97 Å². The summed E-state index contributed by atoms with van der Waals surface area (Å²) in [6.07, 6.45) is 1.59. The van der Waals surface area contributed by atoms with Crippen LogP contribution in [0.15, 0.2) is 12.1 Å². The van der Waals surface area contributed by atoms with Gasteiger partial charge >= 0.3 is 5.97 Å². The van der Waals surface area contributed by atoms with Gasteiger partial charge in [-0.3, -0.25) is 4.79 Å². The molecule has 0 aliphatic rings. The molecule has 0 bridgehead atoms. The summed E-state index contributed by atoms with van der Waals surface area (Å²) in [5.41, 5.74) is 3.51. The van der Waals surface area contributed by atoms with Crippen molar-refractivity contribution in [2.45, 2.75) is 46.0 Å². The minimum Gasteiger partial charge on any atom is -0.496 e. The predicted molar refractivity (Wildman–Crippen MR) is 72.4 cm³/mol. The van der Waals surface area contributed by atoms with Crippen LogP contribution in [0.5, 0.6) is 5.75 Å². The number of hydrogen-bond donors (Lipinski definition) is 1. The van der Waals surface area contributed by atoms with Gasteiger partial charge in [-0.05, 0) is 42.4 Å². The Labute approximate surface area is 109 Å². The normalized spacial score (nSPS) is 10.7. The van der Waals surface area contributed by atoms with Gasteiger partial charge in [-0.2, -0.15) is 0 Å². The number of benzene rings is 1. The molecule has 1 aromatic carbocycles. The second kappa shape index (κ2) is 6.43. The smallest absolute Gasteiger partial charge is 0.303 e. The topological polar surface area (TPSA) is 46.5 Å². The van der Waals surface area contributed by atoms with Crippen molar-refractivity contribution in [3.05, 3.63) is 28.8 Å². The van der Waals surface area contributed by atoms with Gasteiger partial charge in [0.15, 0.2) is 0 Å². The van der Waals surface area contributed by atoms with Crippen LogP contribution in [0.4, 0.5) is 0 Å². The molecular weight excluding hydrogens is 228 g/mol. The lowest BCUT2D eigenvalue weighted by molar-refractivity contribution is -0.137. The summed E-state index contributed by atoms with van der Waals surface area (Å²) in [4.78, 5) is 10.6. The maximum atomic E-state index is 10.6. The van der Waals surface area contributed by atoms with Crippen LogP contribution >= 0.6 is 0 Å². The summed E-state index contributed by atoms with van der Waals surface area (Å²) in [5.74, 6) is 0.614. The van der Waals surface area contributed by atoms with Gasteiger partial charge in [-0.25, -0.2) is 0 Å². The van der Waals surface area contributed by atoms with Crippen molar-refractivity contribution in [1.82, 2.24) is 0 Å². The van der Waals surface area contributed by atoms with Crippen LogP contribution in [0.1, 0.15) is 49.3 Å². The first-order valence-electron chi connectivity index (χ1n) is 6.35. The molecule has 0 aromatic heterocycles. The summed E-state index contributed by atoms with van der Waals surface area (Å²) in [7, 11) is 1.66. The first-order chi connectivity index (χ1) is 8.45. The van der Waals surface area contributed by atoms with E-state index in [1.54, 1.807) is 7.11 Å². The number of methoxy groups -OCH3 is 1. The zero-order valence-corrected chi connectivity index (χ0v) is 11.6. The second-order valence-corrected chi connectivity index (χ2v) is 4.93. The Hall–Kier alpha value is -1.51. The van der Waals surface area contributed by atoms with Crippen LogP contribution in [0.25, 0.3) is 0 Å². The van der Waals surface area contributed by atoms with Gasteiger partial charge in [0.25, 0.3) is 0 Å². The molecule has 0 aliphatic carbocycles. The van der Waals surface area contributed by atoms with E-state index in [0.717, 1.165) is 23.3 Å². The molecule has 3 heteroatoms. The molecule has 0 atom stereocenters. The molecule has 1 rings (SSSR count). The number of aryl methyl sites for hydroxylation is 2. The van der Waals surface area contributed by atoms with Gasteiger partial charge in [-0.1, -0.05) is 26.0 Å². The molecule has 0 unspecified atom stereocenters. The number of carboxylic acid groups (broad SMARTS) is 1. The van der Waals surface area contributed by atoms with Crippen molar-refractivity contribution in [3.8, 4) is 5.75 Å². The molecule has 0 fully saturated rings. The van der Waals surface area contributed by atoms with E-state index >= 15 is 0 Å². The largest absolute Gasteiger partial charge is 0.496 e. The number of carboxylic acids is 1. The van der Waals surface area contributed by atoms with E-state index in [-0.39, 0.29) is 6.42 Å². The van der Waals surface area contributed by atoms with E-state index in [1.807, 2.05) is 6.92 Å². The highest BCUT2D eigenvalue weighted by molar-refractivity contribution is 5.66. The first kappa shape index (κ1) is 14.6. The Morgan fingerprint density at radius 1 is 1.39 bits per heavy atom. The van der Waals surface area contributed by atoms with Gasteiger partial charge in [-0.15, -0.1) is 0 Å². The highest BCUT2D eigenvalue weighted by Gasteiger charge is 2.11. The minimum absolute atomic E-state index is 0.202. The van der Waals surface area contributed by atoms with Crippen molar-refractivity contribution in [2.75, 3.05) is 7.11 Å². The lowest BCUT2D eigenvalue weighted by Crippen LogP contribution is -2.01. The maximum Gasteiger partial charge on any atom is 0.303 e. The molecule has 0 radical (unpaired) electrons. The fourth-order valence-electron chi connectivity index (χ4n) is 2.12. The lowest BCUT2D eigenvalue weighted by atomic mass is 9.95. The zero-order valence-electron chi connectivity index (χ0n) is 11.6. The summed E-state index contributed by atoms with van der Waals surface area (Å²) < 4.78 is 5.42. The van der Waals surface area contributed by atoms with Crippen LogP contribution in [-0.4, -0.2) is 18.2 Å². The third kappa shape index (κ3) is 3.76. The van der Waals surface area contributed by atoms with Crippen molar-refractivity contribution >= 4 is 5.97 Å². The Morgan fingerprint density at radius 2 is 2.06 bits per heavy atom. The number of aliphatic carboxylic acids is 1. The fourth-order valence-corrected chi connectivity index (χ4v) is 2.12. The van der Waals surface area contributed by atoms with Crippen LogP contribution < -0.4 is 4.74 Å². The Balaban J connectivity index is 2.95. The number of rotatable bonds is 6. The molecule has 18 heavy (non-hydrogen) atoms. The molecule has 1 aromatic rings. The van der Waals surface area contributed by atoms with E-state index in [2.05, 4.69) is 26.0 Å². The van der Waals surface area contributed by atoms with E-state index in [9.17, 15) is 4.79 Å². The predicted octanol–water partition coefficient (Wildman–Crippen LogP) is 3.53. The molecular formula is C15H22O3. The molecule has 0 spiro atoms. The lowest BCUT2D eigenvalue weighted by Gasteiger charge is -2.15. The average molecular weight is 250 g/mol. The summed E-state index contributed by atoms with van der Waals surface area (Å²) in [6.45, 7) is 6.34. The van der Waals surface area contributed by atoms with E-state index in [0.29, 0.717) is 12.3 Å². The maximum absolute atomic E-state index is 10.6. The fraction of sp³-hybridized carbons (Fsp3) is 0.533. The van der Waals surface area contributed by atoms with Crippen molar-refractivity contribution in [3.63, 3.8) is 0 Å². The quantitative estimate of drug-likeness (QED) is 0.840. The highest BCUT2D eigenvalue weighted by atomic mass is 16.5. The molecule has 0 aliphatic heterocycles. The van der Waals surface area contributed by atoms with Crippen LogP contribution in [0.2, 0.25) is 0 Å². The summed E-state index contributed by atoms with van der Waals surface area (Å²) >= 11 is 0. The van der Waals surface area contributed by atoms with Gasteiger partial charge in [0.05, 0.1) is 7.11 Å². The Morgan fingerprint density at radius 3 is 2.56 bits per heavy atom. The number of carbonyl (C=O) groups is 1. The van der Waals surface area contributed by atoms with Crippen LogP contribution in [0, 0.1) is 6.92 Å². The van der Waals surface area contributed by atoms with E-state index in [4.69, 9.17) is 9.84 Å². The summed E-state index contributed by atoms with van der Waals surface area (Å²) in [6, 6.07) is 4.28. The van der Waals surface area contributed by atoms with Crippen molar-refractivity contribution in [1.29, 1.82) is 0 Å². The van der Waals surface area contributed by atoms with Gasteiger partial charge in [0.2, 0.25) is 0 Å². The van der Waals surface area contributed by atoms with Crippen LogP contribution in [-0.2, 0) is 11.2 Å². The molecule has 0 saturated heterocycles. The van der Waals surface area contributed by atoms with Crippen LogP contribution in [0.3, 0.4) is 0 Å². The van der Waals surface area contributed by atoms with Gasteiger partial charge in [0.1, 0.15) is 5.75 Å². The SMILES string of the molecule is COc1c(C)cc(C(C)C)cc1CCCC(=O)O. The number of ether oxygens (including phenoxy) is 1. The molecule has 0 amide bonds. The Bertz CT molecular complexity index is 422. The number of hydrogen-bond acceptors (Lipinski definition) is 2. The first-order valence-corrected chi connectivity index (χ1v) is 6.35. The van der Waals surface area contributed by atoms with E-state index in [1.165, 1.54) is 5.56 Å². The third-order valence-electron chi connectivity index (χ3n) is 3.08. The summed E-state index contributed by atoms with van der Waals surface area (Å²) in [5, 5.41) is 8.68. The average Bonchev–Trinajstić information content (AvgIpc) is 2.27. The monoisotopic (exact) mass is 250 g/mol. The van der Waals surface area contributed by atoms with Crippen molar-refractivity contribution in [2.24, 2.45) is 0 Å².